The van der Waals surface area contributed by atoms with Crippen molar-refractivity contribution in [3.05, 3.63) is 106 Å². The van der Waals surface area contributed by atoms with E-state index in [1.165, 1.54) is 23.1 Å². The summed E-state index contributed by atoms with van der Waals surface area (Å²) in [6, 6.07) is 15.1. The number of ketones is 1. The van der Waals surface area contributed by atoms with Crippen molar-refractivity contribution in [2.24, 2.45) is 0 Å². The van der Waals surface area contributed by atoms with Gasteiger partial charge in [0.2, 0.25) is 0 Å². The Hall–Kier alpha value is -3.51. The molecule has 0 bridgehead atoms. The van der Waals surface area contributed by atoms with E-state index in [-0.39, 0.29) is 23.7 Å². The van der Waals surface area contributed by atoms with Gasteiger partial charge in [-0.1, -0.05) is 35.9 Å². The molecular formula is C24H18ClFN2O3. The van der Waals surface area contributed by atoms with Crippen molar-refractivity contribution in [2.45, 2.75) is 12.5 Å². The molecule has 2 aromatic carbocycles. The molecule has 1 atom stereocenters. The van der Waals surface area contributed by atoms with Gasteiger partial charge < -0.3 is 10.0 Å². The summed E-state index contributed by atoms with van der Waals surface area (Å²) in [5.74, 6) is -2.10. The van der Waals surface area contributed by atoms with Crippen LogP contribution in [0.2, 0.25) is 5.02 Å². The lowest BCUT2D eigenvalue weighted by Crippen LogP contribution is -2.31. The lowest BCUT2D eigenvalue weighted by molar-refractivity contribution is -0.139. The van der Waals surface area contributed by atoms with Crippen LogP contribution in [0.4, 0.5) is 4.39 Å². The number of hydrogen-bond donors (Lipinski definition) is 1. The maximum atomic E-state index is 13.2. The summed E-state index contributed by atoms with van der Waals surface area (Å²) in [6.45, 7) is 0.218. The summed E-state index contributed by atoms with van der Waals surface area (Å²) in [5, 5.41) is 11.4. The van der Waals surface area contributed by atoms with Gasteiger partial charge >= 0.3 is 0 Å². The minimum absolute atomic E-state index is 0.00225. The van der Waals surface area contributed by atoms with E-state index < -0.39 is 17.7 Å². The predicted octanol–water partition coefficient (Wildman–Crippen LogP) is 4.54. The van der Waals surface area contributed by atoms with Gasteiger partial charge in [-0.15, -0.1) is 0 Å². The Balaban J connectivity index is 1.76. The fourth-order valence-corrected chi connectivity index (χ4v) is 3.89. The molecule has 156 valence electrons. The highest BCUT2D eigenvalue weighted by atomic mass is 35.5. The minimum atomic E-state index is -0.776. The Labute approximate surface area is 183 Å². The molecule has 0 aliphatic carbocycles. The average molecular weight is 437 g/mol. The monoisotopic (exact) mass is 436 g/mol. The summed E-state index contributed by atoms with van der Waals surface area (Å²) in [4.78, 5) is 31.3. The Bertz CT molecular complexity index is 1160. The number of aliphatic hydroxyl groups is 1. The van der Waals surface area contributed by atoms with Gasteiger partial charge in [0.1, 0.15) is 11.6 Å². The van der Waals surface area contributed by atoms with Crippen LogP contribution in [0.5, 0.6) is 0 Å². The number of aromatic nitrogens is 1. The third-order valence-electron chi connectivity index (χ3n) is 5.21. The Morgan fingerprint density at radius 1 is 1.06 bits per heavy atom. The number of rotatable bonds is 5. The normalized spacial score (nSPS) is 17.9. The fraction of sp³-hybridized carbons (Fsp3) is 0.125. The van der Waals surface area contributed by atoms with Gasteiger partial charge in [0.05, 0.1) is 11.6 Å². The van der Waals surface area contributed by atoms with Gasteiger partial charge in [0.25, 0.3) is 11.7 Å². The Kier molecular flexibility index (Phi) is 5.82. The maximum absolute atomic E-state index is 13.2. The van der Waals surface area contributed by atoms with Crippen LogP contribution in [0.1, 0.15) is 22.7 Å². The van der Waals surface area contributed by atoms with Crippen LogP contribution in [0.3, 0.4) is 0 Å². The Morgan fingerprint density at radius 3 is 2.45 bits per heavy atom. The van der Waals surface area contributed by atoms with Crippen molar-refractivity contribution >= 4 is 29.1 Å². The first-order valence-electron chi connectivity index (χ1n) is 9.64. The number of nitrogens with zero attached hydrogens (tertiary/aromatic N) is 2. The van der Waals surface area contributed by atoms with Crippen molar-refractivity contribution in [1.82, 2.24) is 9.88 Å². The Morgan fingerprint density at radius 2 is 1.77 bits per heavy atom. The van der Waals surface area contributed by atoms with Crippen molar-refractivity contribution < 1.29 is 19.1 Å². The van der Waals surface area contributed by atoms with Crippen LogP contribution >= 0.6 is 11.6 Å². The average Bonchev–Trinajstić information content (AvgIpc) is 3.03. The zero-order valence-electron chi connectivity index (χ0n) is 16.3. The summed E-state index contributed by atoms with van der Waals surface area (Å²) in [5.41, 5.74) is 1.82. The molecule has 7 heteroatoms. The molecule has 3 aromatic rings. The molecule has 1 unspecified atom stereocenters. The van der Waals surface area contributed by atoms with Gasteiger partial charge in [0.15, 0.2) is 0 Å². The van der Waals surface area contributed by atoms with Crippen LogP contribution in [0.25, 0.3) is 5.76 Å². The second-order valence-corrected chi connectivity index (χ2v) is 7.60. The molecule has 1 aliphatic heterocycles. The second-order valence-electron chi connectivity index (χ2n) is 7.16. The largest absolute Gasteiger partial charge is 0.507 e. The first-order chi connectivity index (χ1) is 15.0. The number of hydrogen-bond acceptors (Lipinski definition) is 4. The third kappa shape index (κ3) is 4.20. The summed E-state index contributed by atoms with van der Waals surface area (Å²) in [6.07, 6.45) is 3.55. The first kappa shape index (κ1) is 20.8. The van der Waals surface area contributed by atoms with E-state index in [0.717, 1.165) is 5.56 Å². The van der Waals surface area contributed by atoms with E-state index in [1.54, 1.807) is 54.9 Å². The van der Waals surface area contributed by atoms with Crippen LogP contribution in [-0.4, -0.2) is 33.2 Å². The van der Waals surface area contributed by atoms with Crippen molar-refractivity contribution in [3.8, 4) is 0 Å². The number of carbonyl (C=O) groups excluding carboxylic acids is 2. The second kappa shape index (κ2) is 8.70. The zero-order chi connectivity index (χ0) is 22.0. The highest BCUT2D eigenvalue weighted by molar-refractivity contribution is 6.46. The van der Waals surface area contributed by atoms with Crippen LogP contribution in [0.15, 0.2) is 78.6 Å². The summed E-state index contributed by atoms with van der Waals surface area (Å²) < 4.78 is 13.2. The lowest BCUT2D eigenvalue weighted by atomic mass is 9.96. The van der Waals surface area contributed by atoms with Crippen LogP contribution < -0.4 is 0 Å². The number of carbonyl (C=O) groups is 2. The highest BCUT2D eigenvalue weighted by Gasteiger charge is 2.45. The van der Waals surface area contributed by atoms with Gasteiger partial charge in [-0.25, -0.2) is 4.39 Å². The first-order valence-corrected chi connectivity index (χ1v) is 10.0. The molecule has 0 spiro atoms. The summed E-state index contributed by atoms with van der Waals surface area (Å²) in [7, 11) is 0. The fourth-order valence-electron chi connectivity index (χ4n) is 3.69. The molecule has 1 fully saturated rings. The molecule has 5 nitrogen and oxygen atoms in total. The van der Waals surface area contributed by atoms with E-state index in [9.17, 15) is 19.1 Å². The van der Waals surface area contributed by atoms with E-state index in [0.29, 0.717) is 22.6 Å². The van der Waals surface area contributed by atoms with Gasteiger partial charge in [-0.3, -0.25) is 14.6 Å². The standard InChI is InChI=1S/C24H18ClFN2O3/c25-18-3-1-2-17(14-18)22(29)20-21(16-8-11-27-12-9-16)28(24(31)23(20)30)13-10-15-4-6-19(26)7-5-15/h1-9,11-12,14,21,29H,10,13H2/b22-20-. The number of benzene rings is 2. The highest BCUT2D eigenvalue weighted by Crippen LogP contribution is 2.39. The molecule has 1 saturated heterocycles. The van der Waals surface area contributed by atoms with Gasteiger partial charge in [0, 0.05) is 29.5 Å². The van der Waals surface area contributed by atoms with Crippen LogP contribution in [0, 0.1) is 5.82 Å². The van der Waals surface area contributed by atoms with E-state index >= 15 is 0 Å². The van der Waals surface area contributed by atoms with Crippen molar-refractivity contribution in [1.29, 1.82) is 0 Å². The number of Topliss-reactive ketones (excluding diaryl/α,β-unsaturated/α-hetero) is 1. The quantitative estimate of drug-likeness (QED) is 0.362. The zero-order valence-corrected chi connectivity index (χ0v) is 17.1. The number of likely N-dealkylation sites (tertiary alicyclic amines) is 1. The van der Waals surface area contributed by atoms with Gasteiger partial charge in [-0.2, -0.15) is 0 Å². The summed E-state index contributed by atoms with van der Waals surface area (Å²) >= 11 is 6.04. The lowest BCUT2D eigenvalue weighted by Gasteiger charge is -2.25. The molecule has 1 aliphatic rings. The predicted molar refractivity (Wildman–Crippen MR) is 115 cm³/mol. The van der Waals surface area contributed by atoms with Crippen molar-refractivity contribution in [2.75, 3.05) is 6.54 Å². The molecule has 4 rings (SSSR count). The smallest absolute Gasteiger partial charge is 0.295 e. The molecule has 0 saturated carbocycles. The van der Waals surface area contributed by atoms with Gasteiger partial charge in [-0.05, 0) is 53.9 Å². The number of halogens is 2. The van der Waals surface area contributed by atoms with Crippen molar-refractivity contribution in [3.63, 3.8) is 0 Å². The van der Waals surface area contributed by atoms with E-state index in [2.05, 4.69) is 4.98 Å². The van der Waals surface area contributed by atoms with E-state index in [4.69, 9.17) is 11.6 Å². The molecule has 1 aromatic heterocycles. The number of pyridine rings is 1. The minimum Gasteiger partial charge on any atom is -0.507 e. The molecule has 1 amide bonds. The van der Waals surface area contributed by atoms with E-state index in [1.807, 2.05) is 0 Å². The molecule has 31 heavy (non-hydrogen) atoms. The number of amides is 1. The third-order valence-corrected chi connectivity index (χ3v) is 5.45. The maximum Gasteiger partial charge on any atom is 0.295 e. The molecule has 1 N–H and O–H groups in total. The number of aliphatic hydroxyl groups excluding tert-OH is 1. The molecule has 0 radical (unpaired) electrons. The molecule has 2 heterocycles. The SMILES string of the molecule is O=C1C(=O)N(CCc2ccc(F)cc2)C(c2ccncc2)/C1=C(/O)c1cccc(Cl)c1. The molecular weight excluding hydrogens is 419 g/mol. The van der Waals surface area contributed by atoms with Crippen LogP contribution in [-0.2, 0) is 16.0 Å². The topological polar surface area (TPSA) is 70.5 Å².